The fraction of sp³-hybridized carbons (Fsp3) is 0.565. The van der Waals surface area contributed by atoms with Crippen LogP contribution in [0.2, 0.25) is 0 Å². The number of amides is 3. The molecule has 11 heteroatoms. The highest BCUT2D eigenvalue weighted by atomic mass is 79.9. The summed E-state index contributed by atoms with van der Waals surface area (Å²) in [6.45, 7) is 7.03. The minimum Gasteiger partial charge on any atom is -0.383 e. The predicted molar refractivity (Wildman–Crippen MR) is 130 cm³/mol. The van der Waals surface area contributed by atoms with Crippen LogP contribution < -0.4 is 27.1 Å². The van der Waals surface area contributed by atoms with E-state index in [-0.39, 0.29) is 30.3 Å². The van der Waals surface area contributed by atoms with Gasteiger partial charge in [-0.1, -0.05) is 20.8 Å². The number of piperidine rings is 1. The number of rotatable bonds is 8. The van der Waals surface area contributed by atoms with Crippen LogP contribution in [-0.2, 0) is 14.4 Å². The summed E-state index contributed by atoms with van der Waals surface area (Å²) in [6, 6.07) is 4.01. The molecular weight excluding hydrogens is 502 g/mol. The van der Waals surface area contributed by atoms with Crippen LogP contribution in [0, 0.1) is 11.3 Å². The van der Waals surface area contributed by atoms with E-state index in [0.29, 0.717) is 34.6 Å². The second-order valence-corrected chi connectivity index (χ2v) is 10.7. The van der Waals surface area contributed by atoms with Gasteiger partial charge in [-0.25, -0.2) is 5.43 Å². The summed E-state index contributed by atoms with van der Waals surface area (Å²) in [6.07, 6.45) is 4.09. The minimum absolute atomic E-state index is 0.0536. The Morgan fingerprint density at radius 3 is 2.68 bits per heavy atom. The second-order valence-electron chi connectivity index (χ2n) is 9.95. The number of nitrogens with one attached hydrogen (secondary N) is 4. The van der Waals surface area contributed by atoms with Gasteiger partial charge in [0, 0.05) is 36.2 Å². The van der Waals surface area contributed by atoms with Gasteiger partial charge in [0.1, 0.15) is 11.0 Å². The number of carbonyl (C=O) groups excluding carboxylic acids is 3. The van der Waals surface area contributed by atoms with Crippen molar-refractivity contribution in [2.75, 3.05) is 13.1 Å². The van der Waals surface area contributed by atoms with Gasteiger partial charge in [-0.3, -0.25) is 24.4 Å². The molecule has 1 unspecified atom stereocenters. The van der Waals surface area contributed by atoms with Gasteiger partial charge in [0.15, 0.2) is 0 Å². The SMILES string of the molecule is C[C@@H]1[C@H]2N[C@@H](C[C@H]1NC1=C(Br)C(=O)N(CC(=O)NC(CC(N)=O)c3ccncc3)NC1)C2(C)C. The first-order valence-corrected chi connectivity index (χ1v) is 12.3. The Morgan fingerprint density at radius 1 is 1.35 bits per heavy atom. The molecule has 1 aromatic rings. The van der Waals surface area contributed by atoms with E-state index < -0.39 is 17.9 Å². The molecule has 6 N–H and O–H groups in total. The highest BCUT2D eigenvalue weighted by Gasteiger charge is 2.56. The molecule has 2 bridgehead atoms. The van der Waals surface area contributed by atoms with Crippen molar-refractivity contribution < 1.29 is 14.4 Å². The van der Waals surface area contributed by atoms with Gasteiger partial charge in [0.2, 0.25) is 11.8 Å². The highest BCUT2D eigenvalue weighted by molar-refractivity contribution is 9.12. The average Bonchev–Trinajstić information content (AvgIpc) is 2.79. The normalized spacial score (nSPS) is 28.7. The van der Waals surface area contributed by atoms with Gasteiger partial charge in [-0.2, -0.15) is 0 Å². The lowest BCUT2D eigenvalue weighted by Crippen LogP contribution is -2.76. The predicted octanol–water partition coefficient (Wildman–Crippen LogP) is 0.432. The zero-order valence-electron chi connectivity index (χ0n) is 19.6. The molecular formula is C23H32BrN7O3. The van der Waals surface area contributed by atoms with E-state index in [2.05, 4.69) is 63.1 Å². The number of fused-ring (bicyclic) bond motifs is 2. The average molecular weight is 534 g/mol. The van der Waals surface area contributed by atoms with Crippen molar-refractivity contribution in [3.63, 3.8) is 0 Å². The maximum Gasteiger partial charge on any atom is 0.277 e. The Labute approximate surface area is 207 Å². The number of aromatic nitrogens is 1. The monoisotopic (exact) mass is 533 g/mol. The summed E-state index contributed by atoms with van der Waals surface area (Å²) in [5.74, 6) is -0.854. The van der Waals surface area contributed by atoms with E-state index >= 15 is 0 Å². The van der Waals surface area contributed by atoms with Crippen LogP contribution in [0.5, 0.6) is 0 Å². The molecule has 1 aliphatic carbocycles. The summed E-state index contributed by atoms with van der Waals surface area (Å²) in [5.41, 5.74) is 10.2. The van der Waals surface area contributed by atoms with Crippen molar-refractivity contribution in [2.45, 2.75) is 57.8 Å². The molecule has 3 amide bonds. The fourth-order valence-electron chi connectivity index (χ4n) is 5.33. The Morgan fingerprint density at radius 2 is 2.06 bits per heavy atom. The molecule has 4 aliphatic rings. The molecule has 3 aliphatic heterocycles. The lowest BCUT2D eigenvalue weighted by Gasteiger charge is -2.63. The highest BCUT2D eigenvalue weighted by Crippen LogP contribution is 2.47. The third-order valence-corrected chi connectivity index (χ3v) is 8.20. The maximum absolute atomic E-state index is 12.9. The quantitative estimate of drug-likeness (QED) is 0.326. The largest absolute Gasteiger partial charge is 0.383 e. The van der Waals surface area contributed by atoms with Crippen LogP contribution in [0.15, 0.2) is 34.7 Å². The Kier molecular flexibility index (Phi) is 6.97. The van der Waals surface area contributed by atoms with Crippen molar-refractivity contribution in [3.05, 3.63) is 40.3 Å². The molecule has 3 fully saturated rings. The smallest absolute Gasteiger partial charge is 0.277 e. The van der Waals surface area contributed by atoms with E-state index in [1.807, 2.05) is 0 Å². The molecule has 1 aromatic heterocycles. The number of pyridine rings is 1. The second kappa shape index (κ2) is 9.63. The first-order valence-electron chi connectivity index (χ1n) is 11.5. The van der Waals surface area contributed by atoms with Gasteiger partial charge in [0.05, 0.1) is 19.0 Å². The molecule has 1 saturated carbocycles. The van der Waals surface area contributed by atoms with E-state index in [9.17, 15) is 14.4 Å². The molecule has 5 atom stereocenters. The Bertz CT molecular complexity index is 1000. The van der Waals surface area contributed by atoms with E-state index in [0.717, 1.165) is 12.1 Å². The third kappa shape index (κ3) is 4.82. The van der Waals surface area contributed by atoms with Crippen LogP contribution in [-0.4, -0.2) is 58.9 Å². The van der Waals surface area contributed by atoms with Crippen LogP contribution >= 0.6 is 15.9 Å². The van der Waals surface area contributed by atoms with Gasteiger partial charge in [-0.05, 0) is 51.4 Å². The summed E-state index contributed by atoms with van der Waals surface area (Å²) in [5, 5.41) is 11.3. The first-order chi connectivity index (χ1) is 16.1. The van der Waals surface area contributed by atoms with Gasteiger partial charge >= 0.3 is 0 Å². The van der Waals surface area contributed by atoms with Crippen LogP contribution in [0.1, 0.15) is 45.2 Å². The maximum atomic E-state index is 12.9. The van der Waals surface area contributed by atoms with E-state index in [1.54, 1.807) is 24.5 Å². The van der Waals surface area contributed by atoms with E-state index in [4.69, 9.17) is 5.73 Å². The van der Waals surface area contributed by atoms with Crippen molar-refractivity contribution in [2.24, 2.45) is 17.1 Å². The number of hydrazine groups is 1. The number of carbonyl (C=O) groups is 3. The molecule has 10 nitrogen and oxygen atoms in total. The summed E-state index contributed by atoms with van der Waals surface area (Å²) >= 11 is 3.44. The number of nitrogens with two attached hydrogens (primary N) is 1. The summed E-state index contributed by atoms with van der Waals surface area (Å²) < 4.78 is 0.417. The standard InChI is InChI=1S/C23H32BrN7O3/c1-12-14(8-17-23(2,3)21(12)30-17)28-16-10-27-31(22(34)20(16)24)11-19(33)29-15(9-18(25)32)13-4-6-26-7-5-13/h4-7,12,14-15,17,21,27-28,30H,8-11H2,1-3H3,(H2,25,32)(H,29,33)/t12-,14+,15?,17-,21+/m0/s1. The van der Waals surface area contributed by atoms with Crippen molar-refractivity contribution in [1.29, 1.82) is 0 Å². The zero-order valence-corrected chi connectivity index (χ0v) is 21.2. The Balaban J connectivity index is 1.36. The first kappa shape index (κ1) is 24.6. The van der Waals surface area contributed by atoms with Crippen LogP contribution in [0.25, 0.3) is 0 Å². The number of hydrogen-bond acceptors (Lipinski definition) is 7. The lowest BCUT2D eigenvalue weighted by atomic mass is 9.57. The number of nitrogens with zero attached hydrogens (tertiary/aromatic N) is 2. The molecule has 0 spiro atoms. The number of halogens is 1. The third-order valence-electron chi connectivity index (χ3n) is 7.39. The molecule has 0 aromatic carbocycles. The molecule has 34 heavy (non-hydrogen) atoms. The molecule has 184 valence electrons. The van der Waals surface area contributed by atoms with Crippen molar-refractivity contribution >= 4 is 33.7 Å². The van der Waals surface area contributed by atoms with E-state index in [1.165, 1.54) is 5.01 Å². The van der Waals surface area contributed by atoms with Crippen LogP contribution in [0.4, 0.5) is 0 Å². The summed E-state index contributed by atoms with van der Waals surface area (Å²) in [7, 11) is 0. The molecule has 2 saturated heterocycles. The Hall–Kier alpha value is -2.50. The van der Waals surface area contributed by atoms with Gasteiger partial charge < -0.3 is 21.7 Å². The molecule has 5 rings (SSSR count). The topological polar surface area (TPSA) is 141 Å². The number of hydrogen-bond donors (Lipinski definition) is 5. The van der Waals surface area contributed by atoms with Crippen molar-refractivity contribution in [1.82, 2.24) is 31.4 Å². The minimum atomic E-state index is -0.596. The fourth-order valence-corrected chi connectivity index (χ4v) is 5.80. The van der Waals surface area contributed by atoms with Crippen LogP contribution in [0.3, 0.4) is 0 Å². The van der Waals surface area contributed by atoms with Crippen molar-refractivity contribution in [3.8, 4) is 0 Å². The van der Waals surface area contributed by atoms with Gasteiger partial charge in [-0.15, -0.1) is 0 Å². The molecule has 4 heterocycles. The van der Waals surface area contributed by atoms with Gasteiger partial charge in [0.25, 0.3) is 5.91 Å². The number of primary amides is 1. The lowest BCUT2D eigenvalue weighted by molar-refractivity contribution is -0.136. The molecule has 0 radical (unpaired) electrons. The summed E-state index contributed by atoms with van der Waals surface area (Å²) in [4.78, 5) is 41.1. The zero-order chi connectivity index (χ0) is 24.6.